The van der Waals surface area contributed by atoms with Crippen LogP contribution >= 0.6 is 7.82 Å². The zero-order valence-electron chi connectivity index (χ0n) is 24.1. The number of hydrogen-bond acceptors (Lipinski definition) is 8. The minimum absolute atomic E-state index is 0.101. The fourth-order valence-corrected chi connectivity index (χ4v) is 4.28. The summed E-state index contributed by atoms with van der Waals surface area (Å²) in [4.78, 5) is 36.2. The van der Waals surface area contributed by atoms with Gasteiger partial charge in [-0.05, 0) is 39.3 Å². The van der Waals surface area contributed by atoms with Crippen LogP contribution in [0.1, 0.15) is 110 Å². The number of phosphoric ester groups is 1. The summed E-state index contributed by atoms with van der Waals surface area (Å²) in [6.07, 6.45) is 23.0. The van der Waals surface area contributed by atoms with Gasteiger partial charge in [0.1, 0.15) is 13.3 Å². The molecular weight excluding hydrogens is 521 g/mol. The summed E-state index contributed by atoms with van der Waals surface area (Å²) in [5, 5.41) is 0. The molecule has 0 spiro atoms. The van der Waals surface area contributed by atoms with Crippen LogP contribution in [0.25, 0.3) is 0 Å². The fourth-order valence-electron chi connectivity index (χ4n) is 3.50. The predicted molar refractivity (Wildman–Crippen MR) is 152 cm³/mol. The normalized spacial score (nSPS) is 13.3. The average Bonchev–Trinajstić information content (AvgIpc) is 2.91. The number of terminal acetylenes is 2. The first-order valence-corrected chi connectivity index (χ1v) is 15.8. The monoisotopic (exact) mass is 571 g/mol. The van der Waals surface area contributed by atoms with Crippen molar-refractivity contribution in [3.63, 3.8) is 0 Å². The van der Waals surface area contributed by atoms with Gasteiger partial charge in [-0.2, -0.15) is 0 Å². The second-order valence-electron chi connectivity index (χ2n) is 9.64. The van der Waals surface area contributed by atoms with E-state index in [-0.39, 0.29) is 26.2 Å². The van der Waals surface area contributed by atoms with Crippen LogP contribution in [0, 0.1) is 24.7 Å². The van der Waals surface area contributed by atoms with Gasteiger partial charge in [0.15, 0.2) is 6.10 Å². The number of unbranched alkanes of at least 4 members (excludes halogenated alkanes) is 12. The molecule has 0 aromatic heterocycles. The van der Waals surface area contributed by atoms with E-state index in [0.29, 0.717) is 19.4 Å². The molecule has 0 aromatic carbocycles. The van der Waals surface area contributed by atoms with E-state index in [0.717, 1.165) is 77.0 Å². The third-order valence-corrected chi connectivity index (χ3v) is 6.95. The van der Waals surface area contributed by atoms with E-state index in [1.807, 2.05) is 6.92 Å². The third-order valence-electron chi connectivity index (χ3n) is 6.04. The Hall–Kier alpha value is -1.87. The van der Waals surface area contributed by atoms with Gasteiger partial charge in [0.05, 0.1) is 6.61 Å². The molecule has 9 nitrogen and oxygen atoms in total. The van der Waals surface area contributed by atoms with Gasteiger partial charge in [-0.25, -0.2) is 4.57 Å². The van der Waals surface area contributed by atoms with Crippen molar-refractivity contribution < 1.29 is 37.6 Å². The first kappa shape index (κ1) is 37.1. The van der Waals surface area contributed by atoms with E-state index in [4.69, 9.17) is 31.4 Å². The van der Waals surface area contributed by atoms with Gasteiger partial charge in [-0.1, -0.05) is 58.3 Å². The van der Waals surface area contributed by atoms with Crippen molar-refractivity contribution in [2.24, 2.45) is 0 Å². The maximum atomic E-state index is 12.4. The van der Waals surface area contributed by atoms with Crippen molar-refractivity contribution in [2.45, 2.75) is 116 Å². The molecule has 39 heavy (non-hydrogen) atoms. The Kier molecular flexibility index (Phi) is 23.9. The van der Waals surface area contributed by atoms with Crippen molar-refractivity contribution >= 4 is 19.8 Å². The van der Waals surface area contributed by atoms with Crippen LogP contribution in [-0.4, -0.2) is 61.4 Å². The quantitative estimate of drug-likeness (QED) is 0.0440. The van der Waals surface area contributed by atoms with E-state index >= 15 is 0 Å². The number of esters is 2. The number of rotatable bonds is 26. The molecule has 224 valence electrons. The molecule has 1 N–H and O–H groups in total. The Morgan fingerprint density at radius 1 is 0.795 bits per heavy atom. The predicted octanol–water partition coefficient (Wildman–Crippen LogP) is 5.99. The van der Waals surface area contributed by atoms with Gasteiger partial charge in [0.25, 0.3) is 0 Å². The topological polar surface area (TPSA) is 112 Å². The van der Waals surface area contributed by atoms with Gasteiger partial charge in [0, 0.05) is 25.7 Å². The molecule has 2 unspecified atom stereocenters. The molecule has 0 saturated carbocycles. The highest BCUT2D eigenvalue weighted by Gasteiger charge is 2.26. The van der Waals surface area contributed by atoms with Crippen molar-refractivity contribution in [1.29, 1.82) is 0 Å². The highest BCUT2D eigenvalue weighted by atomic mass is 31.2. The molecule has 0 fully saturated rings. The number of carbonyl (C=O) groups is 2. The molecule has 0 aliphatic heterocycles. The van der Waals surface area contributed by atoms with E-state index in [9.17, 15) is 19.0 Å². The smallest absolute Gasteiger partial charge is 0.462 e. The minimum atomic E-state index is -4.38. The lowest BCUT2D eigenvalue weighted by molar-refractivity contribution is -0.161. The van der Waals surface area contributed by atoms with Gasteiger partial charge < -0.3 is 14.4 Å². The van der Waals surface area contributed by atoms with E-state index in [1.54, 1.807) is 11.9 Å². The number of nitrogens with zero attached hydrogens (tertiary/aromatic N) is 1. The SMILES string of the molecule is C#CCCCCCCCCC(=O)OCC(COP(=O)(O)OCN(C)CC)OC(=O)CCCCCCCCC#C. The Labute approximate surface area is 236 Å². The van der Waals surface area contributed by atoms with Crippen LogP contribution < -0.4 is 0 Å². The fraction of sp³-hybridized carbons (Fsp3) is 0.793. The molecule has 10 heteroatoms. The average molecular weight is 572 g/mol. The van der Waals surface area contributed by atoms with Gasteiger partial charge in [-0.15, -0.1) is 24.7 Å². The molecule has 0 bridgehead atoms. The highest BCUT2D eigenvalue weighted by molar-refractivity contribution is 7.47. The lowest BCUT2D eigenvalue weighted by Gasteiger charge is -2.21. The summed E-state index contributed by atoms with van der Waals surface area (Å²) in [7, 11) is -2.66. The van der Waals surface area contributed by atoms with Crippen LogP contribution in [0.15, 0.2) is 0 Å². The molecule has 0 aromatic rings. The van der Waals surface area contributed by atoms with Crippen molar-refractivity contribution in [3.8, 4) is 24.7 Å². The van der Waals surface area contributed by atoms with Crippen LogP contribution in [-0.2, 0) is 32.7 Å². The largest absolute Gasteiger partial charge is 0.473 e. The Bertz CT molecular complexity index is 776. The highest BCUT2D eigenvalue weighted by Crippen LogP contribution is 2.43. The molecule has 0 aliphatic rings. The van der Waals surface area contributed by atoms with E-state index < -0.39 is 32.5 Å². The summed E-state index contributed by atoms with van der Waals surface area (Å²) in [6.45, 7) is 1.69. The summed E-state index contributed by atoms with van der Waals surface area (Å²) in [5.74, 6) is 4.36. The molecule has 2 atom stereocenters. The maximum Gasteiger partial charge on any atom is 0.473 e. The van der Waals surface area contributed by atoms with E-state index in [2.05, 4.69) is 11.8 Å². The number of carbonyl (C=O) groups excluding carboxylic acids is 2. The second-order valence-corrected chi connectivity index (χ2v) is 11.1. The van der Waals surface area contributed by atoms with Crippen molar-refractivity contribution in [3.05, 3.63) is 0 Å². The molecule has 0 radical (unpaired) electrons. The number of hydrogen-bond donors (Lipinski definition) is 1. The van der Waals surface area contributed by atoms with Gasteiger partial charge in [0.2, 0.25) is 0 Å². The lowest BCUT2D eigenvalue weighted by atomic mass is 10.1. The Morgan fingerprint density at radius 2 is 1.28 bits per heavy atom. The number of phosphoric acid groups is 1. The summed E-state index contributed by atoms with van der Waals surface area (Å²) < 4.78 is 32.9. The molecule has 0 heterocycles. The molecule has 0 saturated heterocycles. The zero-order chi connectivity index (χ0) is 29.2. The first-order valence-electron chi connectivity index (χ1n) is 14.3. The second kappa shape index (κ2) is 25.1. The Morgan fingerprint density at radius 3 is 1.79 bits per heavy atom. The number of ether oxygens (including phenoxy) is 2. The molecular formula is C29H50NO8P. The van der Waals surface area contributed by atoms with Crippen LogP contribution in [0.5, 0.6) is 0 Å². The first-order chi connectivity index (χ1) is 18.7. The third kappa shape index (κ3) is 24.9. The minimum Gasteiger partial charge on any atom is -0.462 e. The Balaban J connectivity index is 4.52. The summed E-state index contributed by atoms with van der Waals surface area (Å²) in [5.41, 5.74) is 0. The lowest BCUT2D eigenvalue weighted by Crippen LogP contribution is -2.30. The van der Waals surface area contributed by atoms with Gasteiger partial charge >= 0.3 is 19.8 Å². The molecule has 0 rings (SSSR count). The van der Waals surface area contributed by atoms with Crippen molar-refractivity contribution in [2.75, 3.05) is 33.5 Å². The summed E-state index contributed by atoms with van der Waals surface area (Å²) in [6, 6.07) is 0. The van der Waals surface area contributed by atoms with E-state index in [1.165, 1.54) is 0 Å². The van der Waals surface area contributed by atoms with Crippen LogP contribution in [0.3, 0.4) is 0 Å². The standard InChI is InChI=1S/C29H50NO8P/c1-5-8-10-12-14-16-18-20-22-28(31)35-24-27(25-36-39(33,34)37-26-30(4)7-3)38-29(32)23-21-19-17-15-13-11-9-6-2/h1-2,27H,7-26H2,3-4H3,(H,33,34). The maximum absolute atomic E-state index is 12.4. The van der Waals surface area contributed by atoms with Crippen molar-refractivity contribution in [1.82, 2.24) is 4.90 Å². The van der Waals surface area contributed by atoms with Crippen LogP contribution in [0.4, 0.5) is 0 Å². The summed E-state index contributed by atoms with van der Waals surface area (Å²) >= 11 is 0. The van der Waals surface area contributed by atoms with Crippen LogP contribution in [0.2, 0.25) is 0 Å². The zero-order valence-corrected chi connectivity index (χ0v) is 25.0. The molecule has 0 amide bonds. The molecule has 0 aliphatic carbocycles. The van der Waals surface area contributed by atoms with Gasteiger partial charge in [-0.3, -0.25) is 23.5 Å².